The zero-order valence-corrected chi connectivity index (χ0v) is 67.3. The number of phosphoric acid groups is 2. The first-order valence-corrected chi connectivity index (χ1v) is 45.0. The zero-order valence-electron chi connectivity index (χ0n) is 65.5. The fraction of sp³-hybridized carbons (Fsp3) is 0.951. The molecule has 17 nitrogen and oxygen atoms in total. The van der Waals surface area contributed by atoms with E-state index >= 15 is 0 Å². The van der Waals surface area contributed by atoms with E-state index in [1.807, 2.05) is 0 Å². The second-order valence-electron chi connectivity index (χ2n) is 30.1. The number of aliphatic hydroxyl groups is 1. The predicted octanol–water partition coefficient (Wildman–Crippen LogP) is 24.3. The molecule has 0 fully saturated rings. The van der Waals surface area contributed by atoms with Gasteiger partial charge in [0.1, 0.15) is 19.3 Å². The number of rotatable bonds is 80. The summed E-state index contributed by atoms with van der Waals surface area (Å²) in [4.78, 5) is 73.0. The van der Waals surface area contributed by atoms with Gasteiger partial charge in [0.05, 0.1) is 26.4 Å². The van der Waals surface area contributed by atoms with Gasteiger partial charge in [-0.2, -0.15) is 0 Å². The quantitative estimate of drug-likeness (QED) is 0.0222. The molecule has 0 aromatic rings. The molecule has 0 saturated heterocycles. The van der Waals surface area contributed by atoms with Gasteiger partial charge in [-0.3, -0.25) is 37.3 Å². The van der Waals surface area contributed by atoms with Crippen LogP contribution in [0.2, 0.25) is 0 Å². The molecule has 0 saturated carbocycles. The summed E-state index contributed by atoms with van der Waals surface area (Å²) < 4.78 is 68.7. The zero-order chi connectivity index (χ0) is 73.5. The number of ether oxygens (including phenoxy) is 4. The molecule has 0 rings (SSSR count). The molecule has 2 unspecified atom stereocenters. The van der Waals surface area contributed by atoms with Crippen LogP contribution in [0.1, 0.15) is 427 Å². The number of esters is 4. The molecule has 0 aliphatic rings. The van der Waals surface area contributed by atoms with Crippen molar-refractivity contribution in [3.8, 4) is 0 Å². The third-order valence-electron chi connectivity index (χ3n) is 19.0. The van der Waals surface area contributed by atoms with Gasteiger partial charge in [0.15, 0.2) is 12.2 Å². The predicted molar refractivity (Wildman–Crippen MR) is 409 cm³/mol. The smallest absolute Gasteiger partial charge is 0.462 e. The SMILES string of the molecule is CCCCCCCCCCCCCCCCCCCCC(=O)O[C@H](COC(=O)CCCCCCCCCCCCCCCCC(C)C)COP(=O)(O)OC[C@@H](O)COP(=O)(O)OC[C@@H](COC(=O)CCCCCCCCC(C)C)OC(=O)CCCCCCCCCCCCCCCCCC. The molecule has 100 heavy (non-hydrogen) atoms. The lowest BCUT2D eigenvalue weighted by atomic mass is 10.0. The Morgan fingerprint density at radius 1 is 0.270 bits per heavy atom. The van der Waals surface area contributed by atoms with Gasteiger partial charge in [-0.05, 0) is 37.5 Å². The van der Waals surface area contributed by atoms with E-state index in [9.17, 15) is 43.2 Å². The van der Waals surface area contributed by atoms with E-state index in [0.717, 1.165) is 102 Å². The fourth-order valence-electron chi connectivity index (χ4n) is 12.5. The highest BCUT2D eigenvalue weighted by Gasteiger charge is 2.30. The molecule has 0 amide bonds. The van der Waals surface area contributed by atoms with Crippen LogP contribution in [0.15, 0.2) is 0 Å². The van der Waals surface area contributed by atoms with Crippen molar-refractivity contribution in [2.45, 2.75) is 445 Å². The maximum absolute atomic E-state index is 13.1. The average Bonchev–Trinajstić information content (AvgIpc) is 0.958. The number of phosphoric ester groups is 2. The van der Waals surface area contributed by atoms with Crippen molar-refractivity contribution in [1.82, 2.24) is 0 Å². The van der Waals surface area contributed by atoms with E-state index in [1.54, 1.807) is 0 Å². The highest BCUT2D eigenvalue weighted by Crippen LogP contribution is 2.45. The Morgan fingerprint density at radius 3 is 0.680 bits per heavy atom. The van der Waals surface area contributed by atoms with Crippen molar-refractivity contribution in [3.63, 3.8) is 0 Å². The summed E-state index contributed by atoms with van der Waals surface area (Å²) in [7, 11) is -9.92. The largest absolute Gasteiger partial charge is 0.472 e. The van der Waals surface area contributed by atoms with Crippen LogP contribution in [0, 0.1) is 11.8 Å². The van der Waals surface area contributed by atoms with Crippen molar-refractivity contribution in [2.75, 3.05) is 39.6 Å². The number of carbonyl (C=O) groups is 4. The van der Waals surface area contributed by atoms with Crippen LogP contribution in [0.4, 0.5) is 0 Å². The summed E-state index contributed by atoms with van der Waals surface area (Å²) in [5.41, 5.74) is 0. The average molecular weight is 1470 g/mol. The highest BCUT2D eigenvalue weighted by atomic mass is 31.2. The van der Waals surface area contributed by atoms with Crippen molar-refractivity contribution >= 4 is 39.5 Å². The van der Waals surface area contributed by atoms with E-state index in [0.29, 0.717) is 31.6 Å². The maximum atomic E-state index is 13.1. The molecule has 19 heteroatoms. The number of hydrogen-bond acceptors (Lipinski definition) is 15. The molecule has 0 aliphatic carbocycles. The van der Waals surface area contributed by atoms with Crippen LogP contribution in [-0.4, -0.2) is 96.7 Å². The van der Waals surface area contributed by atoms with Gasteiger partial charge in [0.25, 0.3) is 0 Å². The topological polar surface area (TPSA) is 237 Å². The lowest BCUT2D eigenvalue weighted by Gasteiger charge is -2.21. The van der Waals surface area contributed by atoms with Gasteiger partial charge < -0.3 is 33.8 Å². The minimum absolute atomic E-state index is 0.107. The molecular formula is C81H158O17P2. The molecule has 0 radical (unpaired) electrons. The highest BCUT2D eigenvalue weighted by molar-refractivity contribution is 7.47. The van der Waals surface area contributed by atoms with Crippen molar-refractivity contribution in [3.05, 3.63) is 0 Å². The van der Waals surface area contributed by atoms with Gasteiger partial charge in [-0.15, -0.1) is 0 Å². The summed E-state index contributed by atoms with van der Waals surface area (Å²) in [6.45, 7) is 9.58. The minimum atomic E-state index is -4.96. The van der Waals surface area contributed by atoms with Crippen molar-refractivity contribution in [1.29, 1.82) is 0 Å². The number of aliphatic hydroxyl groups excluding tert-OH is 1. The number of carbonyl (C=O) groups excluding carboxylic acids is 4. The Bertz CT molecular complexity index is 1920. The Hall–Kier alpha value is -1.94. The normalized spacial score (nSPS) is 13.9. The summed E-state index contributed by atoms with van der Waals surface area (Å²) in [5, 5.41) is 10.6. The van der Waals surface area contributed by atoms with Gasteiger partial charge in [-0.25, -0.2) is 9.13 Å². The molecular weight excluding hydrogens is 1310 g/mol. The van der Waals surface area contributed by atoms with Crippen molar-refractivity contribution < 1.29 is 80.2 Å². The molecule has 0 bridgehead atoms. The van der Waals surface area contributed by atoms with Gasteiger partial charge in [-0.1, -0.05) is 375 Å². The van der Waals surface area contributed by atoms with Crippen LogP contribution in [-0.2, 0) is 65.4 Å². The molecule has 0 aromatic heterocycles. The van der Waals surface area contributed by atoms with Crippen LogP contribution < -0.4 is 0 Å². The second-order valence-corrected chi connectivity index (χ2v) is 33.0. The first kappa shape index (κ1) is 98.1. The van der Waals surface area contributed by atoms with Crippen LogP contribution in [0.3, 0.4) is 0 Å². The van der Waals surface area contributed by atoms with Gasteiger partial charge in [0, 0.05) is 25.7 Å². The monoisotopic (exact) mass is 1470 g/mol. The molecule has 5 atom stereocenters. The van der Waals surface area contributed by atoms with Crippen LogP contribution in [0.25, 0.3) is 0 Å². The molecule has 0 spiro atoms. The Morgan fingerprint density at radius 2 is 0.460 bits per heavy atom. The van der Waals surface area contributed by atoms with E-state index in [1.165, 1.54) is 238 Å². The Labute approximate surface area is 613 Å². The molecule has 0 aromatic carbocycles. The Balaban J connectivity index is 5.22. The van der Waals surface area contributed by atoms with Gasteiger partial charge >= 0.3 is 39.5 Å². The minimum Gasteiger partial charge on any atom is -0.462 e. The maximum Gasteiger partial charge on any atom is 0.472 e. The fourth-order valence-corrected chi connectivity index (χ4v) is 14.1. The lowest BCUT2D eigenvalue weighted by molar-refractivity contribution is -0.161. The van der Waals surface area contributed by atoms with E-state index in [-0.39, 0.29) is 25.7 Å². The lowest BCUT2D eigenvalue weighted by Crippen LogP contribution is -2.30. The van der Waals surface area contributed by atoms with Crippen molar-refractivity contribution in [2.24, 2.45) is 11.8 Å². The molecule has 594 valence electrons. The first-order valence-electron chi connectivity index (χ1n) is 42.0. The summed E-state index contributed by atoms with van der Waals surface area (Å²) in [5.74, 6) is -0.631. The summed E-state index contributed by atoms with van der Waals surface area (Å²) in [6, 6.07) is 0. The second kappa shape index (κ2) is 72.6. The van der Waals surface area contributed by atoms with E-state index < -0.39 is 97.5 Å². The van der Waals surface area contributed by atoms with E-state index in [2.05, 4.69) is 41.5 Å². The number of hydrogen-bond donors (Lipinski definition) is 3. The third-order valence-corrected chi connectivity index (χ3v) is 20.9. The summed E-state index contributed by atoms with van der Waals surface area (Å²) >= 11 is 0. The third kappa shape index (κ3) is 74.3. The number of unbranched alkanes of at least 4 members (excludes halogenated alkanes) is 50. The van der Waals surface area contributed by atoms with Crippen LogP contribution in [0.5, 0.6) is 0 Å². The Kier molecular flexibility index (Phi) is 71.2. The molecule has 0 aliphatic heterocycles. The molecule has 0 heterocycles. The molecule has 3 N–H and O–H groups in total. The van der Waals surface area contributed by atoms with E-state index in [4.69, 9.17) is 37.0 Å². The first-order chi connectivity index (χ1) is 48.4. The standard InChI is InChI=1S/C81H158O17P2/c1-7-9-11-13-15-17-19-21-23-25-26-28-34-38-42-46-54-60-65-80(85)97-76(69-91-78(83)63-57-51-44-40-36-32-30-29-31-35-39-43-49-55-61-73(3)4)71-95-99(87,88)93-67-75(82)68-94-100(89,90)96-72-77(70-92-79(84)64-58-52-48-47-50-56-62-74(5)6)98-81(86)66-59-53-45-41-37-33-27-24-22-20-18-16-14-12-10-8-2/h73-77,82H,7-72H2,1-6H3,(H,87,88)(H,89,90)/t75-,76-,77-/m1/s1. The van der Waals surface area contributed by atoms with Gasteiger partial charge in [0.2, 0.25) is 0 Å². The van der Waals surface area contributed by atoms with Crippen LogP contribution >= 0.6 is 15.6 Å². The summed E-state index contributed by atoms with van der Waals surface area (Å²) in [6.07, 6.45) is 62.6.